The standard InChI is InChI=1S/C32H34IN5O4S/c1-22(2)23(3)35-43(41,42)37-18-16-36(17-19-37)28-13-8-24(9-14-28)4-5-25-10-15-30-29(20-25)31(39)38(32(40)34-30)21-26-6-11-27(33)12-7-26/h6-15,20,22-23,35H,16-19,21H2,1-3H3,(H,34,40)/t23-/m0/s1. The van der Waals surface area contributed by atoms with Crippen molar-refractivity contribution >= 4 is 49.4 Å². The molecule has 0 aliphatic carbocycles. The number of hydrogen-bond acceptors (Lipinski definition) is 5. The van der Waals surface area contributed by atoms with Crippen LogP contribution in [-0.2, 0) is 16.8 Å². The molecule has 2 N–H and O–H groups in total. The number of rotatable bonds is 7. The zero-order valence-corrected chi connectivity index (χ0v) is 27.3. The van der Waals surface area contributed by atoms with E-state index in [2.05, 4.69) is 49.0 Å². The fraction of sp³-hybridized carbons (Fsp3) is 0.312. The van der Waals surface area contributed by atoms with Gasteiger partial charge in [0, 0.05) is 52.6 Å². The van der Waals surface area contributed by atoms with Gasteiger partial charge in [0.2, 0.25) is 0 Å². The molecule has 1 aromatic heterocycles. The van der Waals surface area contributed by atoms with Crippen LogP contribution in [0.4, 0.5) is 5.69 Å². The van der Waals surface area contributed by atoms with Gasteiger partial charge in [-0.2, -0.15) is 17.4 Å². The highest BCUT2D eigenvalue weighted by atomic mass is 127. The van der Waals surface area contributed by atoms with Crippen LogP contribution in [-0.4, -0.2) is 54.5 Å². The molecular formula is C32H34IN5O4S. The van der Waals surface area contributed by atoms with Crippen LogP contribution in [0.2, 0.25) is 0 Å². The van der Waals surface area contributed by atoms with Crippen LogP contribution in [0.5, 0.6) is 0 Å². The molecule has 0 spiro atoms. The van der Waals surface area contributed by atoms with Crippen molar-refractivity contribution in [1.29, 1.82) is 0 Å². The molecule has 4 aromatic rings. The fourth-order valence-electron chi connectivity index (χ4n) is 4.78. The highest BCUT2D eigenvalue weighted by molar-refractivity contribution is 14.1. The zero-order valence-electron chi connectivity index (χ0n) is 24.3. The number of aromatic nitrogens is 2. The Morgan fingerprint density at radius 1 is 0.884 bits per heavy atom. The van der Waals surface area contributed by atoms with Crippen molar-refractivity contribution in [3.63, 3.8) is 0 Å². The Balaban J connectivity index is 1.27. The minimum absolute atomic E-state index is 0.127. The van der Waals surface area contributed by atoms with Gasteiger partial charge in [-0.1, -0.05) is 37.8 Å². The molecule has 1 atom stereocenters. The lowest BCUT2D eigenvalue weighted by atomic mass is 10.1. The molecule has 5 rings (SSSR count). The quantitative estimate of drug-likeness (QED) is 0.225. The lowest BCUT2D eigenvalue weighted by molar-refractivity contribution is 0.366. The second kappa shape index (κ2) is 13.1. The summed E-state index contributed by atoms with van der Waals surface area (Å²) < 4.78 is 32.0. The van der Waals surface area contributed by atoms with E-state index in [1.165, 1.54) is 8.87 Å². The molecule has 11 heteroatoms. The van der Waals surface area contributed by atoms with E-state index in [0.29, 0.717) is 42.6 Å². The Bertz CT molecular complexity index is 1900. The van der Waals surface area contributed by atoms with Gasteiger partial charge in [0.05, 0.1) is 17.4 Å². The topological polar surface area (TPSA) is 108 Å². The first-order valence-electron chi connectivity index (χ1n) is 14.2. The van der Waals surface area contributed by atoms with E-state index in [0.717, 1.165) is 20.4 Å². The number of aromatic amines is 1. The predicted molar refractivity (Wildman–Crippen MR) is 180 cm³/mol. The summed E-state index contributed by atoms with van der Waals surface area (Å²) in [4.78, 5) is 30.8. The van der Waals surface area contributed by atoms with E-state index in [1.807, 2.05) is 69.3 Å². The third kappa shape index (κ3) is 7.38. The maximum absolute atomic E-state index is 13.2. The molecule has 0 radical (unpaired) electrons. The van der Waals surface area contributed by atoms with Gasteiger partial charge >= 0.3 is 5.69 Å². The maximum Gasteiger partial charge on any atom is 0.329 e. The molecule has 2 heterocycles. The zero-order chi connectivity index (χ0) is 30.7. The number of H-pyrrole nitrogens is 1. The number of halogens is 1. The number of benzene rings is 3. The van der Waals surface area contributed by atoms with Crippen LogP contribution < -0.4 is 20.9 Å². The van der Waals surface area contributed by atoms with Crippen LogP contribution in [0.3, 0.4) is 0 Å². The molecule has 1 aliphatic rings. The number of anilines is 1. The van der Waals surface area contributed by atoms with Crippen LogP contribution in [0.15, 0.2) is 76.3 Å². The van der Waals surface area contributed by atoms with Gasteiger partial charge in [0.15, 0.2) is 0 Å². The van der Waals surface area contributed by atoms with Crippen LogP contribution in [0.1, 0.15) is 37.5 Å². The van der Waals surface area contributed by atoms with Gasteiger partial charge in [-0.15, -0.1) is 0 Å². The van der Waals surface area contributed by atoms with Crippen LogP contribution in [0.25, 0.3) is 10.9 Å². The average Bonchev–Trinajstić information content (AvgIpc) is 2.99. The fourth-order valence-corrected chi connectivity index (χ4v) is 6.67. The number of nitrogens with zero attached hydrogens (tertiary/aromatic N) is 3. The van der Waals surface area contributed by atoms with Crippen molar-refractivity contribution in [2.24, 2.45) is 5.92 Å². The Morgan fingerprint density at radius 2 is 1.51 bits per heavy atom. The van der Waals surface area contributed by atoms with Crippen LogP contribution >= 0.6 is 22.6 Å². The second-order valence-corrected chi connectivity index (χ2v) is 14.0. The van der Waals surface area contributed by atoms with Gasteiger partial charge in [-0.05, 0) is 95.6 Å². The van der Waals surface area contributed by atoms with Gasteiger partial charge in [0.25, 0.3) is 15.8 Å². The third-order valence-electron chi connectivity index (χ3n) is 7.73. The van der Waals surface area contributed by atoms with Gasteiger partial charge in [-0.25, -0.2) is 4.79 Å². The summed E-state index contributed by atoms with van der Waals surface area (Å²) in [6.07, 6.45) is 0. The summed E-state index contributed by atoms with van der Waals surface area (Å²) in [7, 11) is -3.51. The number of fused-ring (bicyclic) bond motifs is 1. The average molecular weight is 712 g/mol. The molecule has 0 amide bonds. The largest absolute Gasteiger partial charge is 0.369 e. The minimum Gasteiger partial charge on any atom is -0.369 e. The van der Waals surface area contributed by atoms with Crippen molar-refractivity contribution in [1.82, 2.24) is 18.6 Å². The molecular weight excluding hydrogens is 677 g/mol. The van der Waals surface area contributed by atoms with E-state index >= 15 is 0 Å². The lowest BCUT2D eigenvalue weighted by Gasteiger charge is -2.36. The van der Waals surface area contributed by atoms with Crippen molar-refractivity contribution in [2.45, 2.75) is 33.4 Å². The van der Waals surface area contributed by atoms with Crippen LogP contribution in [0, 0.1) is 21.3 Å². The number of piperazine rings is 1. The maximum atomic E-state index is 13.2. The van der Waals surface area contributed by atoms with Gasteiger partial charge in [0.1, 0.15) is 0 Å². The molecule has 3 aromatic carbocycles. The van der Waals surface area contributed by atoms with Gasteiger partial charge < -0.3 is 9.88 Å². The number of hydrogen-bond donors (Lipinski definition) is 2. The third-order valence-corrected chi connectivity index (χ3v) is 10.2. The highest BCUT2D eigenvalue weighted by Crippen LogP contribution is 2.19. The van der Waals surface area contributed by atoms with Crippen molar-refractivity contribution in [3.05, 3.63) is 108 Å². The summed E-state index contributed by atoms with van der Waals surface area (Å²) in [6.45, 7) is 8.09. The Morgan fingerprint density at radius 3 is 2.16 bits per heavy atom. The predicted octanol–water partition coefficient (Wildman–Crippen LogP) is 3.74. The summed E-state index contributed by atoms with van der Waals surface area (Å²) in [5, 5.41) is 0.405. The van der Waals surface area contributed by atoms with Crippen molar-refractivity contribution in [2.75, 3.05) is 31.1 Å². The molecule has 0 unspecified atom stereocenters. The minimum atomic E-state index is -3.51. The monoisotopic (exact) mass is 711 g/mol. The Kier molecular flexibility index (Phi) is 9.41. The highest BCUT2D eigenvalue weighted by Gasteiger charge is 2.28. The summed E-state index contributed by atoms with van der Waals surface area (Å²) in [5.41, 5.74) is 3.02. The first kappa shape index (κ1) is 31.0. The van der Waals surface area contributed by atoms with E-state index in [-0.39, 0.29) is 24.1 Å². The molecule has 1 saturated heterocycles. The second-order valence-electron chi connectivity index (χ2n) is 11.0. The molecule has 1 aliphatic heterocycles. The first-order valence-corrected chi connectivity index (χ1v) is 16.7. The molecule has 0 bridgehead atoms. The molecule has 9 nitrogen and oxygen atoms in total. The van der Waals surface area contributed by atoms with Crippen molar-refractivity contribution in [3.8, 4) is 11.8 Å². The molecule has 224 valence electrons. The number of nitrogens with one attached hydrogen (secondary N) is 2. The van der Waals surface area contributed by atoms with E-state index in [1.54, 1.807) is 18.2 Å². The summed E-state index contributed by atoms with van der Waals surface area (Å²) >= 11 is 2.21. The SMILES string of the molecule is CC(C)[C@H](C)NS(=O)(=O)N1CCN(c2ccc(C#Cc3ccc4[nH]c(=O)n(Cc5ccc(I)cc5)c(=O)c4c3)cc2)CC1. The summed E-state index contributed by atoms with van der Waals surface area (Å²) in [6, 6.07) is 20.6. The smallest absolute Gasteiger partial charge is 0.329 e. The van der Waals surface area contributed by atoms with E-state index in [4.69, 9.17) is 0 Å². The molecule has 1 fully saturated rings. The van der Waals surface area contributed by atoms with Crippen molar-refractivity contribution < 1.29 is 8.42 Å². The Labute approximate surface area is 265 Å². The lowest BCUT2D eigenvalue weighted by Crippen LogP contribution is -2.54. The normalized spacial score (nSPS) is 15.0. The molecule has 43 heavy (non-hydrogen) atoms. The summed E-state index contributed by atoms with van der Waals surface area (Å²) in [5.74, 6) is 6.50. The Hall–Kier alpha value is -3.44. The van der Waals surface area contributed by atoms with Gasteiger partial charge in [-0.3, -0.25) is 9.36 Å². The van der Waals surface area contributed by atoms with E-state index in [9.17, 15) is 18.0 Å². The first-order chi connectivity index (χ1) is 20.5. The van der Waals surface area contributed by atoms with E-state index < -0.39 is 15.9 Å². The molecule has 0 saturated carbocycles.